The van der Waals surface area contributed by atoms with Gasteiger partial charge in [-0.15, -0.1) is 0 Å². The summed E-state index contributed by atoms with van der Waals surface area (Å²) in [7, 11) is 1.61. The highest BCUT2D eigenvalue weighted by Crippen LogP contribution is 2.34. The first kappa shape index (κ1) is 19.4. The SMILES string of the molecule is COc1ccccc1-c1nc2cnccn2c1NCCC(=O)Nc1ccc(F)cc1. The minimum absolute atomic E-state index is 0.177. The van der Waals surface area contributed by atoms with E-state index in [1.165, 1.54) is 24.3 Å². The number of carbonyl (C=O) groups excluding carboxylic acids is 1. The Labute approximate surface area is 172 Å². The van der Waals surface area contributed by atoms with Gasteiger partial charge in [-0.3, -0.25) is 14.2 Å². The number of carbonyl (C=O) groups is 1. The molecule has 8 heteroatoms. The van der Waals surface area contributed by atoms with Gasteiger partial charge in [-0.1, -0.05) is 12.1 Å². The van der Waals surface area contributed by atoms with Gasteiger partial charge >= 0.3 is 0 Å². The van der Waals surface area contributed by atoms with Crippen LogP contribution in [0.4, 0.5) is 15.9 Å². The molecule has 7 nitrogen and oxygen atoms in total. The van der Waals surface area contributed by atoms with Crippen LogP contribution >= 0.6 is 0 Å². The molecule has 0 saturated carbocycles. The third kappa shape index (κ3) is 4.07. The van der Waals surface area contributed by atoms with Crippen molar-refractivity contribution in [2.45, 2.75) is 6.42 Å². The van der Waals surface area contributed by atoms with Crippen molar-refractivity contribution in [1.29, 1.82) is 0 Å². The predicted molar refractivity (Wildman–Crippen MR) is 113 cm³/mol. The minimum Gasteiger partial charge on any atom is -0.496 e. The lowest BCUT2D eigenvalue weighted by atomic mass is 10.1. The molecule has 152 valence electrons. The number of halogens is 1. The number of rotatable bonds is 7. The summed E-state index contributed by atoms with van der Waals surface area (Å²) in [5.74, 6) is 0.918. The van der Waals surface area contributed by atoms with E-state index in [1.54, 1.807) is 19.5 Å². The number of ether oxygens (including phenoxy) is 1. The molecule has 2 aromatic carbocycles. The van der Waals surface area contributed by atoms with E-state index in [0.29, 0.717) is 29.3 Å². The van der Waals surface area contributed by atoms with Crippen molar-refractivity contribution < 1.29 is 13.9 Å². The van der Waals surface area contributed by atoms with Crippen LogP contribution < -0.4 is 15.4 Å². The number of fused-ring (bicyclic) bond motifs is 1. The second kappa shape index (κ2) is 8.60. The number of para-hydroxylation sites is 1. The van der Waals surface area contributed by atoms with Gasteiger partial charge in [-0.25, -0.2) is 9.37 Å². The molecule has 0 saturated heterocycles. The number of aromatic nitrogens is 3. The average Bonchev–Trinajstić information content (AvgIpc) is 3.14. The molecule has 0 atom stereocenters. The van der Waals surface area contributed by atoms with Crippen LogP contribution in [0, 0.1) is 5.82 Å². The summed E-state index contributed by atoms with van der Waals surface area (Å²) in [5, 5.41) is 6.06. The van der Waals surface area contributed by atoms with Crippen LogP contribution in [0.1, 0.15) is 6.42 Å². The van der Waals surface area contributed by atoms with Crippen LogP contribution in [0.25, 0.3) is 16.9 Å². The number of anilines is 2. The van der Waals surface area contributed by atoms with E-state index in [9.17, 15) is 9.18 Å². The van der Waals surface area contributed by atoms with Gasteiger partial charge in [-0.05, 0) is 36.4 Å². The lowest BCUT2D eigenvalue weighted by molar-refractivity contribution is -0.115. The first-order valence-corrected chi connectivity index (χ1v) is 9.40. The number of imidazole rings is 1. The van der Waals surface area contributed by atoms with Crippen LogP contribution in [-0.4, -0.2) is 33.9 Å². The van der Waals surface area contributed by atoms with E-state index >= 15 is 0 Å². The van der Waals surface area contributed by atoms with Gasteiger partial charge in [0, 0.05) is 36.6 Å². The predicted octanol–water partition coefficient (Wildman–Crippen LogP) is 3.98. The fourth-order valence-electron chi connectivity index (χ4n) is 3.15. The van der Waals surface area contributed by atoms with Crippen molar-refractivity contribution in [3.63, 3.8) is 0 Å². The molecule has 0 fully saturated rings. The smallest absolute Gasteiger partial charge is 0.226 e. The Kier molecular flexibility index (Phi) is 5.56. The molecule has 2 N–H and O–H groups in total. The van der Waals surface area contributed by atoms with Gasteiger partial charge < -0.3 is 15.4 Å². The minimum atomic E-state index is -0.347. The Morgan fingerprint density at radius 1 is 1.17 bits per heavy atom. The summed E-state index contributed by atoms with van der Waals surface area (Å²) in [6, 6.07) is 13.3. The number of nitrogens with zero attached hydrogens (tertiary/aromatic N) is 3. The molecule has 30 heavy (non-hydrogen) atoms. The maximum Gasteiger partial charge on any atom is 0.226 e. The molecule has 0 unspecified atom stereocenters. The molecule has 0 bridgehead atoms. The van der Waals surface area contributed by atoms with Crippen LogP contribution in [0.3, 0.4) is 0 Å². The summed E-state index contributed by atoms with van der Waals surface area (Å²) in [4.78, 5) is 21.1. The van der Waals surface area contributed by atoms with Crippen LogP contribution in [0.5, 0.6) is 5.75 Å². The average molecular weight is 405 g/mol. The van der Waals surface area contributed by atoms with Gasteiger partial charge in [0.05, 0.1) is 13.3 Å². The molecule has 4 rings (SSSR count). The summed E-state index contributed by atoms with van der Waals surface area (Å²) in [6.45, 7) is 0.380. The van der Waals surface area contributed by atoms with E-state index < -0.39 is 0 Å². The third-order valence-electron chi connectivity index (χ3n) is 4.56. The summed E-state index contributed by atoms with van der Waals surface area (Å²) >= 11 is 0. The first-order chi connectivity index (χ1) is 14.7. The largest absolute Gasteiger partial charge is 0.496 e. The maximum absolute atomic E-state index is 13.0. The number of methoxy groups -OCH3 is 1. The van der Waals surface area contributed by atoms with Crippen molar-refractivity contribution in [3.05, 3.63) is 72.9 Å². The fraction of sp³-hybridized carbons (Fsp3) is 0.136. The molecule has 0 aliphatic heterocycles. The Hall–Kier alpha value is -3.94. The van der Waals surface area contributed by atoms with Gasteiger partial charge in [0.25, 0.3) is 0 Å². The Morgan fingerprint density at radius 3 is 2.77 bits per heavy atom. The molecule has 4 aromatic rings. The van der Waals surface area contributed by atoms with E-state index in [1.807, 2.05) is 34.9 Å². The number of hydrogen-bond acceptors (Lipinski definition) is 5. The summed E-state index contributed by atoms with van der Waals surface area (Å²) in [5.41, 5.74) is 2.77. The number of benzene rings is 2. The summed E-state index contributed by atoms with van der Waals surface area (Å²) < 4.78 is 20.4. The highest BCUT2D eigenvalue weighted by Gasteiger charge is 2.17. The zero-order valence-electron chi connectivity index (χ0n) is 16.3. The maximum atomic E-state index is 13.0. The second-order valence-corrected chi connectivity index (χ2v) is 6.55. The quantitative estimate of drug-likeness (QED) is 0.486. The highest BCUT2D eigenvalue weighted by molar-refractivity contribution is 5.91. The Bertz CT molecular complexity index is 1170. The van der Waals surface area contributed by atoms with Crippen molar-refractivity contribution in [1.82, 2.24) is 14.4 Å². The first-order valence-electron chi connectivity index (χ1n) is 9.40. The van der Waals surface area contributed by atoms with Crippen molar-refractivity contribution in [2.24, 2.45) is 0 Å². The molecule has 0 aliphatic rings. The molecule has 0 spiro atoms. The van der Waals surface area contributed by atoms with Gasteiger partial charge in [0.2, 0.25) is 5.91 Å². The molecule has 2 heterocycles. The molecular weight excluding hydrogens is 385 g/mol. The Morgan fingerprint density at radius 2 is 1.97 bits per heavy atom. The van der Waals surface area contributed by atoms with Crippen molar-refractivity contribution >= 4 is 23.1 Å². The lowest BCUT2D eigenvalue weighted by Gasteiger charge is -2.11. The number of nitrogens with one attached hydrogen (secondary N) is 2. The van der Waals surface area contributed by atoms with Crippen LogP contribution in [0.2, 0.25) is 0 Å². The molecule has 2 aromatic heterocycles. The highest BCUT2D eigenvalue weighted by atomic mass is 19.1. The monoisotopic (exact) mass is 405 g/mol. The molecule has 1 amide bonds. The van der Waals surface area contributed by atoms with E-state index in [0.717, 1.165) is 11.4 Å². The van der Waals surface area contributed by atoms with Crippen LogP contribution in [-0.2, 0) is 4.79 Å². The standard InChI is InChI=1S/C22H20FN5O2/c1-30-18-5-3-2-4-17(18)21-22(28-13-12-24-14-19(28)27-21)25-11-10-20(29)26-16-8-6-15(23)7-9-16/h2-9,12-14,25H,10-11H2,1H3,(H,26,29). The zero-order chi connectivity index (χ0) is 20.9. The van der Waals surface area contributed by atoms with Crippen LogP contribution in [0.15, 0.2) is 67.1 Å². The van der Waals surface area contributed by atoms with Gasteiger partial charge in [0.15, 0.2) is 5.65 Å². The lowest BCUT2D eigenvalue weighted by Crippen LogP contribution is -2.17. The topological polar surface area (TPSA) is 80.6 Å². The van der Waals surface area contributed by atoms with E-state index in [-0.39, 0.29) is 18.1 Å². The third-order valence-corrected chi connectivity index (χ3v) is 4.56. The van der Waals surface area contributed by atoms with Crippen molar-refractivity contribution in [3.8, 4) is 17.0 Å². The summed E-state index contributed by atoms with van der Waals surface area (Å²) in [6.07, 6.45) is 5.38. The molecular formula is C22H20FN5O2. The van der Waals surface area contributed by atoms with Crippen molar-refractivity contribution in [2.75, 3.05) is 24.3 Å². The second-order valence-electron chi connectivity index (χ2n) is 6.55. The molecule has 0 radical (unpaired) electrons. The molecule has 0 aliphatic carbocycles. The Balaban J connectivity index is 1.53. The number of hydrogen-bond donors (Lipinski definition) is 2. The number of amides is 1. The van der Waals surface area contributed by atoms with Gasteiger partial charge in [-0.2, -0.15) is 0 Å². The zero-order valence-corrected chi connectivity index (χ0v) is 16.3. The fourth-order valence-corrected chi connectivity index (χ4v) is 3.15. The van der Waals surface area contributed by atoms with E-state index in [2.05, 4.69) is 20.6 Å². The van der Waals surface area contributed by atoms with Gasteiger partial charge in [0.1, 0.15) is 23.1 Å². The van der Waals surface area contributed by atoms with E-state index in [4.69, 9.17) is 4.74 Å². The normalized spacial score (nSPS) is 10.7.